The summed E-state index contributed by atoms with van der Waals surface area (Å²) in [6.07, 6.45) is 0.586. The number of aromatic amines is 1. The average molecular weight is 126 g/mol. The quantitative estimate of drug-likeness (QED) is 0.527. The maximum absolute atomic E-state index is 9.94. The summed E-state index contributed by atoms with van der Waals surface area (Å²) in [6, 6.07) is 3.35. The Bertz CT molecular complexity index is 193. The van der Waals surface area contributed by atoms with E-state index in [0.717, 1.165) is 0 Å². The van der Waals surface area contributed by atoms with Gasteiger partial charge in [0.2, 0.25) is 0 Å². The molecule has 0 fully saturated rings. The summed E-state index contributed by atoms with van der Waals surface area (Å²) < 4.78 is 0. The van der Waals surface area contributed by atoms with E-state index in [9.17, 15) is 4.79 Å². The van der Waals surface area contributed by atoms with Crippen LogP contribution in [0.4, 0.5) is 10.6 Å². The van der Waals surface area contributed by atoms with Gasteiger partial charge in [0.05, 0.1) is 0 Å². The van der Waals surface area contributed by atoms with E-state index in [0.29, 0.717) is 5.82 Å². The van der Waals surface area contributed by atoms with Gasteiger partial charge in [0.1, 0.15) is 5.82 Å². The van der Waals surface area contributed by atoms with Crippen LogP contribution in [0.2, 0.25) is 0 Å². The summed E-state index contributed by atoms with van der Waals surface area (Å²) in [7, 11) is 0. The van der Waals surface area contributed by atoms with Crippen LogP contribution in [-0.2, 0) is 0 Å². The standard InChI is InChI=1S/C5H6N2O2/c8-5(9)7-4-2-1-3-6-4/h1-3,6-7H,(H,8,9). The molecule has 0 spiro atoms. The fourth-order valence-electron chi connectivity index (χ4n) is 0.523. The molecule has 4 nitrogen and oxygen atoms in total. The third-order valence-electron chi connectivity index (χ3n) is 0.840. The number of hydrogen-bond acceptors (Lipinski definition) is 1. The number of rotatable bonds is 1. The highest BCUT2D eigenvalue weighted by molar-refractivity contribution is 5.81. The van der Waals surface area contributed by atoms with Crippen LogP contribution in [-0.4, -0.2) is 16.2 Å². The zero-order valence-electron chi connectivity index (χ0n) is 4.59. The van der Waals surface area contributed by atoms with Gasteiger partial charge in [0, 0.05) is 6.20 Å². The van der Waals surface area contributed by atoms with Crippen LogP contribution in [0.1, 0.15) is 0 Å². The van der Waals surface area contributed by atoms with E-state index in [4.69, 9.17) is 5.11 Å². The van der Waals surface area contributed by atoms with Gasteiger partial charge in [-0.1, -0.05) is 0 Å². The average Bonchev–Trinajstić information content (AvgIpc) is 2.15. The summed E-state index contributed by atoms with van der Waals surface area (Å²) in [5, 5.41) is 10.3. The van der Waals surface area contributed by atoms with Gasteiger partial charge < -0.3 is 10.1 Å². The van der Waals surface area contributed by atoms with Crippen molar-refractivity contribution < 1.29 is 9.90 Å². The van der Waals surface area contributed by atoms with Gasteiger partial charge >= 0.3 is 6.09 Å². The minimum Gasteiger partial charge on any atom is -0.465 e. The van der Waals surface area contributed by atoms with Gasteiger partial charge in [-0.2, -0.15) is 0 Å². The van der Waals surface area contributed by atoms with Crippen molar-refractivity contribution in [3.63, 3.8) is 0 Å². The molecule has 0 aliphatic carbocycles. The Kier molecular flexibility index (Phi) is 1.40. The molecule has 0 bridgehead atoms. The molecule has 1 rings (SSSR count). The van der Waals surface area contributed by atoms with E-state index >= 15 is 0 Å². The number of H-pyrrole nitrogens is 1. The molecule has 0 saturated carbocycles. The second-order valence-electron chi connectivity index (χ2n) is 1.51. The van der Waals surface area contributed by atoms with Gasteiger partial charge in [-0.15, -0.1) is 0 Å². The highest BCUT2D eigenvalue weighted by atomic mass is 16.4. The highest BCUT2D eigenvalue weighted by Gasteiger charge is 1.94. The van der Waals surface area contributed by atoms with Crippen molar-refractivity contribution in [1.82, 2.24) is 4.98 Å². The number of hydrogen-bond donors (Lipinski definition) is 3. The van der Waals surface area contributed by atoms with Gasteiger partial charge in [-0.05, 0) is 12.1 Å². The van der Waals surface area contributed by atoms with Crippen LogP contribution in [0.25, 0.3) is 0 Å². The third kappa shape index (κ3) is 1.49. The first-order valence-corrected chi connectivity index (χ1v) is 2.42. The molecule has 1 aromatic heterocycles. The first-order valence-electron chi connectivity index (χ1n) is 2.42. The number of nitrogens with one attached hydrogen (secondary N) is 2. The Morgan fingerprint density at radius 3 is 3.00 bits per heavy atom. The predicted octanol–water partition coefficient (Wildman–Crippen LogP) is 1.10. The van der Waals surface area contributed by atoms with Crippen LogP contribution < -0.4 is 5.32 Å². The topological polar surface area (TPSA) is 65.1 Å². The van der Waals surface area contributed by atoms with Crippen LogP contribution in [0.5, 0.6) is 0 Å². The molecule has 9 heavy (non-hydrogen) atoms. The lowest BCUT2D eigenvalue weighted by Crippen LogP contribution is -2.06. The minimum atomic E-state index is -1.06. The Morgan fingerprint density at radius 1 is 1.78 bits per heavy atom. The van der Waals surface area contributed by atoms with Crippen molar-refractivity contribution in [3.8, 4) is 0 Å². The van der Waals surface area contributed by atoms with Gasteiger partial charge in [-0.25, -0.2) is 4.79 Å². The van der Waals surface area contributed by atoms with E-state index in [2.05, 4.69) is 10.3 Å². The smallest absolute Gasteiger partial charge is 0.410 e. The highest BCUT2D eigenvalue weighted by Crippen LogP contribution is 1.99. The molecule has 0 aliphatic rings. The lowest BCUT2D eigenvalue weighted by Gasteiger charge is -1.92. The van der Waals surface area contributed by atoms with E-state index in [1.54, 1.807) is 18.3 Å². The summed E-state index contributed by atoms with van der Waals surface area (Å²) in [5.41, 5.74) is 0. The maximum atomic E-state index is 9.94. The monoisotopic (exact) mass is 126 g/mol. The van der Waals surface area contributed by atoms with Crippen LogP contribution in [0.3, 0.4) is 0 Å². The first kappa shape index (κ1) is 5.68. The summed E-state index contributed by atoms with van der Waals surface area (Å²) >= 11 is 0. The Labute approximate surface area is 51.5 Å². The summed E-state index contributed by atoms with van der Waals surface area (Å²) in [4.78, 5) is 12.6. The normalized spacial score (nSPS) is 8.89. The number of carboxylic acid groups (broad SMARTS) is 1. The molecule has 0 saturated heterocycles. The van der Waals surface area contributed by atoms with Crippen molar-refractivity contribution in [2.24, 2.45) is 0 Å². The summed E-state index contributed by atoms with van der Waals surface area (Å²) in [5.74, 6) is 0.488. The first-order chi connectivity index (χ1) is 4.29. The second kappa shape index (κ2) is 2.21. The minimum absolute atomic E-state index is 0.488. The molecule has 1 heterocycles. The SMILES string of the molecule is O=C(O)Nc1ccc[nH]1. The molecule has 4 heteroatoms. The molecule has 0 atom stereocenters. The zero-order chi connectivity index (χ0) is 6.69. The molecule has 1 amide bonds. The fourth-order valence-corrected chi connectivity index (χ4v) is 0.523. The van der Waals surface area contributed by atoms with Crippen LogP contribution in [0, 0.1) is 0 Å². The van der Waals surface area contributed by atoms with E-state index in [-0.39, 0.29) is 0 Å². The molecular weight excluding hydrogens is 120 g/mol. The van der Waals surface area contributed by atoms with E-state index in [1.165, 1.54) is 0 Å². The summed E-state index contributed by atoms with van der Waals surface area (Å²) in [6.45, 7) is 0. The van der Waals surface area contributed by atoms with Crippen molar-refractivity contribution >= 4 is 11.9 Å². The van der Waals surface area contributed by atoms with Gasteiger partial charge in [0.15, 0.2) is 0 Å². The largest absolute Gasteiger partial charge is 0.465 e. The fraction of sp³-hybridized carbons (Fsp3) is 0. The molecule has 3 N–H and O–H groups in total. The number of aromatic nitrogens is 1. The van der Waals surface area contributed by atoms with E-state index in [1.807, 2.05) is 0 Å². The molecule has 0 aromatic carbocycles. The molecule has 1 aromatic rings. The molecule has 0 aliphatic heterocycles. The van der Waals surface area contributed by atoms with Crippen LogP contribution in [0.15, 0.2) is 18.3 Å². The molecule has 0 radical (unpaired) electrons. The molecule has 48 valence electrons. The third-order valence-corrected chi connectivity index (χ3v) is 0.840. The predicted molar refractivity (Wildman–Crippen MR) is 32.4 cm³/mol. The lowest BCUT2D eigenvalue weighted by molar-refractivity contribution is 0.209. The lowest BCUT2D eigenvalue weighted by atomic mass is 10.6. The number of amides is 1. The Morgan fingerprint density at radius 2 is 2.56 bits per heavy atom. The Balaban J connectivity index is 2.58. The zero-order valence-corrected chi connectivity index (χ0v) is 4.59. The van der Waals surface area contributed by atoms with E-state index < -0.39 is 6.09 Å². The van der Waals surface area contributed by atoms with Crippen molar-refractivity contribution in [2.75, 3.05) is 5.32 Å². The molecular formula is C5H6N2O2. The molecule has 0 unspecified atom stereocenters. The van der Waals surface area contributed by atoms with Crippen LogP contribution >= 0.6 is 0 Å². The maximum Gasteiger partial charge on any atom is 0.410 e. The number of carbonyl (C=O) groups is 1. The van der Waals surface area contributed by atoms with Gasteiger partial charge in [-0.3, -0.25) is 5.32 Å². The Hall–Kier alpha value is -1.45. The van der Waals surface area contributed by atoms with Crippen molar-refractivity contribution in [1.29, 1.82) is 0 Å². The number of anilines is 1. The second-order valence-corrected chi connectivity index (χ2v) is 1.51. The van der Waals surface area contributed by atoms with Crippen molar-refractivity contribution in [2.45, 2.75) is 0 Å². The van der Waals surface area contributed by atoms with Gasteiger partial charge in [0.25, 0.3) is 0 Å². The van der Waals surface area contributed by atoms with Crippen molar-refractivity contribution in [3.05, 3.63) is 18.3 Å².